The van der Waals surface area contributed by atoms with Gasteiger partial charge in [-0.2, -0.15) is 0 Å². The lowest BCUT2D eigenvalue weighted by molar-refractivity contribution is 0.0189. The Labute approximate surface area is 140 Å². The van der Waals surface area contributed by atoms with E-state index in [0.717, 1.165) is 0 Å². The van der Waals surface area contributed by atoms with Crippen LogP contribution in [0.2, 0.25) is 0 Å². The Morgan fingerprint density at radius 3 is 2.58 bits per heavy atom. The van der Waals surface area contributed by atoms with Gasteiger partial charge in [0.1, 0.15) is 23.7 Å². The van der Waals surface area contributed by atoms with Crippen molar-refractivity contribution in [3.8, 4) is 11.5 Å². The lowest BCUT2D eigenvalue weighted by Crippen LogP contribution is -2.44. The van der Waals surface area contributed by atoms with Crippen LogP contribution in [0.1, 0.15) is 34.1 Å². The molecule has 1 aliphatic rings. The van der Waals surface area contributed by atoms with Crippen LogP contribution in [0.4, 0.5) is 0 Å². The minimum Gasteiger partial charge on any atom is -0.489 e. The fourth-order valence-corrected chi connectivity index (χ4v) is 2.64. The van der Waals surface area contributed by atoms with E-state index in [9.17, 15) is 9.59 Å². The second-order valence-electron chi connectivity index (χ2n) is 5.95. The molecule has 0 aliphatic carbocycles. The molecule has 1 atom stereocenters. The van der Waals surface area contributed by atoms with Crippen LogP contribution in [0.5, 0.6) is 11.5 Å². The third-order valence-corrected chi connectivity index (χ3v) is 3.90. The topological polar surface area (TPSA) is 61.8 Å². The van der Waals surface area contributed by atoms with Gasteiger partial charge in [0.15, 0.2) is 5.78 Å². The fourth-order valence-electron chi connectivity index (χ4n) is 2.64. The van der Waals surface area contributed by atoms with Gasteiger partial charge in [0, 0.05) is 0 Å². The van der Waals surface area contributed by atoms with E-state index in [4.69, 9.17) is 9.47 Å². The highest BCUT2D eigenvalue weighted by molar-refractivity contribution is 6.00. The largest absolute Gasteiger partial charge is 0.489 e. The summed E-state index contributed by atoms with van der Waals surface area (Å²) in [4.78, 5) is 23.7. The summed E-state index contributed by atoms with van der Waals surface area (Å²) in [5, 5.41) is 0. The van der Waals surface area contributed by atoms with E-state index in [1.807, 2.05) is 19.1 Å². The molecule has 1 unspecified atom stereocenters. The van der Waals surface area contributed by atoms with Crippen LogP contribution >= 0.6 is 0 Å². The number of benzene rings is 2. The number of esters is 1. The summed E-state index contributed by atoms with van der Waals surface area (Å²) in [7, 11) is 1.34. The molecular formula is C19H18O5. The molecule has 2 aromatic carbocycles. The number of ether oxygens (including phenoxy) is 3. The van der Waals surface area contributed by atoms with Crippen molar-refractivity contribution in [1.29, 1.82) is 0 Å². The van der Waals surface area contributed by atoms with E-state index >= 15 is 0 Å². The van der Waals surface area contributed by atoms with E-state index in [2.05, 4.69) is 4.74 Å². The molecule has 24 heavy (non-hydrogen) atoms. The molecule has 2 aromatic rings. The summed E-state index contributed by atoms with van der Waals surface area (Å²) in [5.74, 6) is 0.829. The van der Waals surface area contributed by atoms with E-state index in [-0.39, 0.29) is 18.8 Å². The quantitative estimate of drug-likeness (QED) is 0.807. The molecule has 0 radical (unpaired) electrons. The zero-order valence-electron chi connectivity index (χ0n) is 13.6. The highest BCUT2D eigenvalue weighted by atomic mass is 16.5. The summed E-state index contributed by atoms with van der Waals surface area (Å²) in [6, 6.07) is 13.9. The molecule has 3 rings (SSSR count). The lowest BCUT2D eigenvalue weighted by Gasteiger charge is -2.34. The van der Waals surface area contributed by atoms with Crippen molar-refractivity contribution >= 4 is 11.8 Å². The second-order valence-corrected chi connectivity index (χ2v) is 5.95. The number of fused-ring (bicyclic) bond motifs is 1. The van der Waals surface area contributed by atoms with Crippen LogP contribution in [0.3, 0.4) is 0 Å². The summed E-state index contributed by atoms with van der Waals surface area (Å²) in [6.07, 6.45) is 0.254. The average molecular weight is 326 g/mol. The van der Waals surface area contributed by atoms with Crippen LogP contribution in [0.25, 0.3) is 0 Å². The highest BCUT2D eigenvalue weighted by Gasteiger charge is 2.37. The number of Topliss-reactive ketones (excluding diaryl/α,β-unsaturated/α-hetero) is 1. The Hall–Kier alpha value is -2.82. The molecule has 5 heteroatoms. The molecule has 0 saturated heterocycles. The van der Waals surface area contributed by atoms with Crippen molar-refractivity contribution < 1.29 is 23.8 Å². The minimum atomic E-state index is -0.730. The minimum absolute atomic E-state index is 0.0454. The molecule has 0 aromatic heterocycles. The maximum atomic E-state index is 12.3. The molecule has 0 N–H and O–H groups in total. The first kappa shape index (κ1) is 16.1. The Morgan fingerprint density at radius 2 is 1.88 bits per heavy atom. The molecule has 0 spiro atoms. The summed E-state index contributed by atoms with van der Waals surface area (Å²) < 4.78 is 16.4. The molecule has 5 nitrogen and oxygen atoms in total. The molecule has 1 aliphatic heterocycles. The van der Waals surface area contributed by atoms with Crippen molar-refractivity contribution in [3.05, 3.63) is 59.7 Å². The molecule has 124 valence electrons. The van der Waals surface area contributed by atoms with Gasteiger partial charge in [0.25, 0.3) is 0 Å². The van der Waals surface area contributed by atoms with Gasteiger partial charge in [-0.25, -0.2) is 4.79 Å². The van der Waals surface area contributed by atoms with Gasteiger partial charge < -0.3 is 14.2 Å². The van der Waals surface area contributed by atoms with Gasteiger partial charge in [0.05, 0.1) is 24.7 Å². The number of carbonyl (C=O) groups excluding carboxylic acids is 2. The van der Waals surface area contributed by atoms with Crippen LogP contribution in [-0.2, 0) is 4.74 Å². The van der Waals surface area contributed by atoms with Gasteiger partial charge in [-0.3, -0.25) is 4.79 Å². The smallest absolute Gasteiger partial charge is 0.337 e. The number of methoxy groups -OCH3 is 1. The lowest BCUT2D eigenvalue weighted by atomic mass is 9.92. The molecule has 1 heterocycles. The maximum absolute atomic E-state index is 12.3. The van der Waals surface area contributed by atoms with E-state index in [0.29, 0.717) is 22.6 Å². The Balaban J connectivity index is 1.68. The normalized spacial score (nSPS) is 19.2. The van der Waals surface area contributed by atoms with Crippen LogP contribution < -0.4 is 9.47 Å². The number of para-hydroxylation sites is 1. The number of ketones is 1. The van der Waals surface area contributed by atoms with Gasteiger partial charge in [0.2, 0.25) is 0 Å². The van der Waals surface area contributed by atoms with Gasteiger partial charge in [-0.1, -0.05) is 12.1 Å². The van der Waals surface area contributed by atoms with E-state index in [1.54, 1.807) is 36.4 Å². The van der Waals surface area contributed by atoms with Crippen molar-refractivity contribution in [3.63, 3.8) is 0 Å². The number of carbonyl (C=O) groups is 2. The molecular weight excluding hydrogens is 308 g/mol. The Kier molecular flexibility index (Phi) is 4.25. The first-order valence-corrected chi connectivity index (χ1v) is 7.63. The van der Waals surface area contributed by atoms with Gasteiger partial charge in [-0.05, 0) is 43.3 Å². The Bertz CT molecular complexity index is 766. The first-order chi connectivity index (χ1) is 11.5. The SMILES string of the molecule is COC(=O)c1ccc(OCC2(C)CC(=O)c3ccccc3O2)cc1. The van der Waals surface area contributed by atoms with Crippen LogP contribution in [-0.4, -0.2) is 31.1 Å². The Morgan fingerprint density at radius 1 is 1.17 bits per heavy atom. The van der Waals surface area contributed by atoms with Gasteiger partial charge >= 0.3 is 5.97 Å². The predicted molar refractivity (Wildman–Crippen MR) is 87.7 cm³/mol. The first-order valence-electron chi connectivity index (χ1n) is 7.63. The highest BCUT2D eigenvalue weighted by Crippen LogP contribution is 2.33. The van der Waals surface area contributed by atoms with Crippen LogP contribution in [0, 0.1) is 0 Å². The van der Waals surface area contributed by atoms with E-state index < -0.39 is 11.6 Å². The number of hydrogen-bond donors (Lipinski definition) is 0. The fraction of sp³-hybridized carbons (Fsp3) is 0.263. The zero-order valence-corrected chi connectivity index (χ0v) is 13.6. The molecule has 0 bridgehead atoms. The zero-order chi connectivity index (χ0) is 17.2. The summed E-state index contributed by atoms with van der Waals surface area (Å²) >= 11 is 0. The second kappa shape index (κ2) is 6.35. The number of hydrogen-bond acceptors (Lipinski definition) is 5. The third kappa shape index (κ3) is 3.25. The van der Waals surface area contributed by atoms with Crippen molar-refractivity contribution in [2.75, 3.05) is 13.7 Å². The molecule has 0 saturated carbocycles. The van der Waals surface area contributed by atoms with Crippen molar-refractivity contribution in [2.24, 2.45) is 0 Å². The van der Waals surface area contributed by atoms with Crippen molar-refractivity contribution in [1.82, 2.24) is 0 Å². The maximum Gasteiger partial charge on any atom is 0.337 e. The third-order valence-electron chi connectivity index (χ3n) is 3.90. The monoisotopic (exact) mass is 326 g/mol. The van der Waals surface area contributed by atoms with Gasteiger partial charge in [-0.15, -0.1) is 0 Å². The van der Waals surface area contributed by atoms with Crippen molar-refractivity contribution in [2.45, 2.75) is 18.9 Å². The predicted octanol–water partition coefficient (Wildman–Crippen LogP) is 3.28. The van der Waals surface area contributed by atoms with E-state index in [1.165, 1.54) is 7.11 Å². The summed E-state index contributed by atoms with van der Waals surface area (Å²) in [5.41, 5.74) is 0.332. The number of rotatable bonds is 4. The molecule has 0 fully saturated rings. The van der Waals surface area contributed by atoms with Crippen LogP contribution in [0.15, 0.2) is 48.5 Å². The molecule has 0 amide bonds. The average Bonchev–Trinajstić information content (AvgIpc) is 2.60. The summed E-state index contributed by atoms with van der Waals surface area (Å²) in [6.45, 7) is 2.08. The standard InChI is InChI=1S/C19H18O5/c1-19(11-16(20)15-5-3-4-6-17(15)24-19)12-23-14-9-7-13(8-10-14)18(21)22-2/h3-10H,11-12H2,1-2H3.